The second kappa shape index (κ2) is 6.29. The first-order chi connectivity index (χ1) is 9.15. The van der Waals surface area contributed by atoms with E-state index in [1.807, 2.05) is 13.1 Å². The summed E-state index contributed by atoms with van der Waals surface area (Å²) in [4.78, 5) is 0. The first-order valence-electron chi connectivity index (χ1n) is 5.88. The van der Waals surface area contributed by atoms with Gasteiger partial charge in [-0.15, -0.1) is 0 Å². The molecule has 0 aliphatic carbocycles. The van der Waals surface area contributed by atoms with Crippen molar-refractivity contribution >= 4 is 17.3 Å². The quantitative estimate of drug-likeness (QED) is 0.836. The minimum Gasteiger partial charge on any atom is -0.359 e. The van der Waals surface area contributed by atoms with E-state index in [2.05, 4.69) is 15.7 Å². The van der Waals surface area contributed by atoms with Crippen LogP contribution in [0.1, 0.15) is 11.3 Å². The van der Waals surface area contributed by atoms with Crippen molar-refractivity contribution in [2.75, 3.05) is 0 Å². The van der Waals surface area contributed by atoms with Crippen molar-refractivity contribution in [2.24, 2.45) is 7.05 Å². The van der Waals surface area contributed by atoms with E-state index in [-0.39, 0.29) is 5.82 Å². The standard InChI is InChI=1S/C13H15FN4S/c1-18-12(6-7-17-18)9-16-13(19)15-8-10-2-4-11(14)5-3-10/h2-7H,8-9H2,1H3,(H2,15,16,19). The maximum atomic E-state index is 12.7. The van der Waals surface area contributed by atoms with Crippen LogP contribution in [0.15, 0.2) is 36.5 Å². The molecule has 0 bridgehead atoms. The Labute approximate surface area is 116 Å². The van der Waals surface area contributed by atoms with Gasteiger partial charge in [0.15, 0.2) is 5.11 Å². The smallest absolute Gasteiger partial charge is 0.166 e. The number of nitrogens with one attached hydrogen (secondary N) is 2. The highest BCUT2D eigenvalue weighted by atomic mass is 32.1. The zero-order valence-electron chi connectivity index (χ0n) is 10.6. The van der Waals surface area contributed by atoms with E-state index in [0.29, 0.717) is 18.2 Å². The third-order valence-corrected chi connectivity index (χ3v) is 3.01. The van der Waals surface area contributed by atoms with Crippen LogP contribution in [0.3, 0.4) is 0 Å². The third kappa shape index (κ3) is 4.03. The Morgan fingerprint density at radius 2 is 1.89 bits per heavy atom. The normalized spacial score (nSPS) is 10.2. The Morgan fingerprint density at radius 1 is 1.21 bits per heavy atom. The van der Waals surface area contributed by atoms with Gasteiger partial charge in [0.1, 0.15) is 5.82 Å². The average Bonchev–Trinajstić information content (AvgIpc) is 2.81. The minimum absolute atomic E-state index is 0.236. The number of rotatable bonds is 4. The molecule has 0 aliphatic heterocycles. The van der Waals surface area contributed by atoms with E-state index < -0.39 is 0 Å². The fraction of sp³-hybridized carbons (Fsp3) is 0.231. The molecule has 2 rings (SSSR count). The van der Waals surface area contributed by atoms with E-state index in [1.165, 1.54) is 12.1 Å². The zero-order chi connectivity index (χ0) is 13.7. The van der Waals surface area contributed by atoms with Gasteiger partial charge in [0, 0.05) is 19.8 Å². The lowest BCUT2D eigenvalue weighted by atomic mass is 10.2. The van der Waals surface area contributed by atoms with Gasteiger partial charge < -0.3 is 10.6 Å². The van der Waals surface area contributed by atoms with Crippen molar-refractivity contribution in [1.29, 1.82) is 0 Å². The van der Waals surface area contributed by atoms with Crippen LogP contribution in [-0.4, -0.2) is 14.9 Å². The molecule has 0 saturated carbocycles. The van der Waals surface area contributed by atoms with E-state index in [0.717, 1.165) is 11.3 Å². The Kier molecular flexibility index (Phi) is 4.46. The SMILES string of the molecule is Cn1nccc1CNC(=S)NCc1ccc(F)cc1. The van der Waals surface area contributed by atoms with Gasteiger partial charge in [-0.25, -0.2) is 4.39 Å². The molecular formula is C13H15FN4S. The van der Waals surface area contributed by atoms with Crippen molar-refractivity contribution in [3.63, 3.8) is 0 Å². The van der Waals surface area contributed by atoms with Crippen LogP contribution in [0.4, 0.5) is 4.39 Å². The maximum absolute atomic E-state index is 12.7. The lowest BCUT2D eigenvalue weighted by molar-refractivity contribution is 0.626. The molecule has 0 aliphatic rings. The molecule has 1 aromatic carbocycles. The van der Waals surface area contributed by atoms with Crippen LogP contribution >= 0.6 is 12.2 Å². The lowest BCUT2D eigenvalue weighted by Gasteiger charge is -2.10. The summed E-state index contributed by atoms with van der Waals surface area (Å²) in [5.74, 6) is -0.236. The molecule has 2 aromatic rings. The maximum Gasteiger partial charge on any atom is 0.166 e. The molecule has 19 heavy (non-hydrogen) atoms. The zero-order valence-corrected chi connectivity index (χ0v) is 11.4. The molecule has 0 fully saturated rings. The van der Waals surface area contributed by atoms with Crippen LogP contribution in [0.2, 0.25) is 0 Å². The molecule has 1 aromatic heterocycles. The summed E-state index contributed by atoms with van der Waals surface area (Å²) in [6.07, 6.45) is 1.74. The van der Waals surface area contributed by atoms with Gasteiger partial charge in [-0.05, 0) is 36.0 Å². The van der Waals surface area contributed by atoms with E-state index in [9.17, 15) is 4.39 Å². The molecule has 6 heteroatoms. The first-order valence-corrected chi connectivity index (χ1v) is 6.29. The summed E-state index contributed by atoms with van der Waals surface area (Å²) in [5.41, 5.74) is 2.03. The summed E-state index contributed by atoms with van der Waals surface area (Å²) < 4.78 is 14.5. The van der Waals surface area contributed by atoms with Gasteiger partial charge in [-0.1, -0.05) is 12.1 Å². The average molecular weight is 278 g/mol. The van der Waals surface area contributed by atoms with Gasteiger partial charge in [0.2, 0.25) is 0 Å². The minimum atomic E-state index is -0.236. The van der Waals surface area contributed by atoms with Crippen molar-refractivity contribution in [2.45, 2.75) is 13.1 Å². The lowest BCUT2D eigenvalue weighted by Crippen LogP contribution is -2.34. The summed E-state index contributed by atoms with van der Waals surface area (Å²) in [7, 11) is 1.88. The van der Waals surface area contributed by atoms with E-state index >= 15 is 0 Å². The molecule has 0 radical (unpaired) electrons. The molecular weight excluding hydrogens is 263 g/mol. The van der Waals surface area contributed by atoms with Gasteiger partial charge in [0.05, 0.1) is 12.2 Å². The fourth-order valence-electron chi connectivity index (χ4n) is 1.59. The van der Waals surface area contributed by atoms with Gasteiger partial charge in [-0.3, -0.25) is 4.68 Å². The van der Waals surface area contributed by atoms with Crippen molar-refractivity contribution in [3.05, 3.63) is 53.6 Å². The molecule has 2 N–H and O–H groups in total. The molecule has 0 amide bonds. The Morgan fingerprint density at radius 3 is 2.53 bits per heavy atom. The largest absolute Gasteiger partial charge is 0.359 e. The summed E-state index contributed by atoms with van der Waals surface area (Å²) >= 11 is 5.17. The molecule has 100 valence electrons. The Hall–Kier alpha value is -1.95. The highest BCUT2D eigenvalue weighted by molar-refractivity contribution is 7.80. The molecule has 1 heterocycles. The molecule has 4 nitrogen and oxygen atoms in total. The number of hydrogen-bond donors (Lipinski definition) is 2. The highest BCUT2D eigenvalue weighted by Gasteiger charge is 2.00. The number of thiocarbonyl (C=S) groups is 1. The molecule has 0 unspecified atom stereocenters. The Balaban J connectivity index is 1.76. The van der Waals surface area contributed by atoms with Gasteiger partial charge in [0.25, 0.3) is 0 Å². The van der Waals surface area contributed by atoms with E-state index in [4.69, 9.17) is 12.2 Å². The van der Waals surface area contributed by atoms with Crippen LogP contribution in [0, 0.1) is 5.82 Å². The monoisotopic (exact) mass is 278 g/mol. The molecule has 0 spiro atoms. The van der Waals surface area contributed by atoms with Crippen LogP contribution in [0.25, 0.3) is 0 Å². The summed E-state index contributed by atoms with van der Waals surface area (Å²) in [5, 5.41) is 10.8. The highest BCUT2D eigenvalue weighted by Crippen LogP contribution is 2.02. The molecule has 0 saturated heterocycles. The predicted molar refractivity (Wildman–Crippen MR) is 75.9 cm³/mol. The number of nitrogens with zero attached hydrogens (tertiary/aromatic N) is 2. The number of aromatic nitrogens is 2. The van der Waals surface area contributed by atoms with Crippen molar-refractivity contribution < 1.29 is 4.39 Å². The second-order valence-electron chi connectivity index (χ2n) is 4.11. The fourth-order valence-corrected chi connectivity index (χ4v) is 1.74. The topological polar surface area (TPSA) is 41.9 Å². The predicted octanol–water partition coefficient (Wildman–Crippen LogP) is 1.72. The molecule has 0 atom stereocenters. The summed E-state index contributed by atoms with van der Waals surface area (Å²) in [6, 6.07) is 8.25. The number of aryl methyl sites for hydroxylation is 1. The first kappa shape index (κ1) is 13.5. The number of halogens is 1. The number of benzene rings is 1. The van der Waals surface area contributed by atoms with Crippen molar-refractivity contribution in [3.8, 4) is 0 Å². The van der Waals surface area contributed by atoms with Crippen LogP contribution in [-0.2, 0) is 20.1 Å². The van der Waals surface area contributed by atoms with Gasteiger partial charge >= 0.3 is 0 Å². The van der Waals surface area contributed by atoms with Crippen LogP contribution in [0.5, 0.6) is 0 Å². The van der Waals surface area contributed by atoms with Crippen LogP contribution < -0.4 is 10.6 Å². The second-order valence-corrected chi connectivity index (χ2v) is 4.52. The Bertz CT molecular complexity index is 550. The third-order valence-electron chi connectivity index (χ3n) is 2.72. The number of hydrogen-bond acceptors (Lipinski definition) is 2. The summed E-state index contributed by atoms with van der Waals surface area (Å²) in [6.45, 7) is 1.18. The van der Waals surface area contributed by atoms with Gasteiger partial charge in [-0.2, -0.15) is 5.10 Å². The van der Waals surface area contributed by atoms with Crippen molar-refractivity contribution in [1.82, 2.24) is 20.4 Å². The van der Waals surface area contributed by atoms with E-state index in [1.54, 1.807) is 23.0 Å².